The van der Waals surface area contributed by atoms with Crippen molar-refractivity contribution < 1.29 is 0 Å². The van der Waals surface area contributed by atoms with E-state index in [1.165, 1.54) is 22.0 Å². The van der Waals surface area contributed by atoms with E-state index in [0.29, 0.717) is 36.1 Å². The molecule has 26 heavy (non-hydrogen) atoms. The Hall–Kier alpha value is -2.90. The summed E-state index contributed by atoms with van der Waals surface area (Å²) in [5.41, 5.74) is 0.856. The zero-order valence-electron chi connectivity index (χ0n) is 15.2. The minimum atomic E-state index is -0.339. The Labute approximate surface area is 150 Å². The number of fused-ring (bicyclic) bond motifs is 1. The van der Waals surface area contributed by atoms with E-state index in [1.807, 2.05) is 26.1 Å². The van der Waals surface area contributed by atoms with Gasteiger partial charge in [-0.2, -0.15) is 0 Å². The van der Waals surface area contributed by atoms with Crippen molar-refractivity contribution in [2.24, 2.45) is 0 Å². The van der Waals surface area contributed by atoms with Gasteiger partial charge in [-0.05, 0) is 38.8 Å². The maximum Gasteiger partial charge on any atom is 0.332 e. The number of nitrogens with one attached hydrogen (secondary N) is 1. The molecular formula is C18H22N6O2. The maximum atomic E-state index is 12.6. The average Bonchev–Trinajstić information content (AvgIpc) is 3.41. The molecule has 1 aliphatic carbocycles. The van der Waals surface area contributed by atoms with Crippen molar-refractivity contribution >= 4 is 17.0 Å². The van der Waals surface area contributed by atoms with Gasteiger partial charge in [0.1, 0.15) is 17.2 Å². The molecule has 3 aromatic heterocycles. The van der Waals surface area contributed by atoms with Crippen LogP contribution in [0.15, 0.2) is 27.9 Å². The summed E-state index contributed by atoms with van der Waals surface area (Å²) < 4.78 is 2.74. The fourth-order valence-electron chi connectivity index (χ4n) is 3.25. The second-order valence-electron chi connectivity index (χ2n) is 6.61. The smallest absolute Gasteiger partial charge is 0.332 e. The topological polar surface area (TPSA) is 88.8 Å². The molecule has 4 rings (SSSR count). The first-order chi connectivity index (χ1) is 12.5. The molecule has 0 radical (unpaired) electrons. The van der Waals surface area contributed by atoms with Crippen LogP contribution in [0.5, 0.6) is 0 Å². The third-order valence-electron chi connectivity index (χ3n) is 4.97. The fraction of sp³-hybridized carbons (Fsp3) is 0.444. The lowest BCUT2D eigenvalue weighted by atomic mass is 10.2. The highest BCUT2D eigenvalue weighted by molar-refractivity contribution is 5.75. The van der Waals surface area contributed by atoms with Crippen LogP contribution in [0, 0.1) is 0 Å². The van der Waals surface area contributed by atoms with Gasteiger partial charge in [0, 0.05) is 37.9 Å². The Morgan fingerprint density at radius 3 is 2.50 bits per heavy atom. The van der Waals surface area contributed by atoms with Gasteiger partial charge in [-0.25, -0.2) is 14.8 Å². The molecule has 0 aliphatic heterocycles. The van der Waals surface area contributed by atoms with E-state index in [2.05, 4.69) is 19.9 Å². The lowest BCUT2D eigenvalue weighted by Crippen LogP contribution is -2.39. The molecule has 8 nitrogen and oxygen atoms in total. The minimum absolute atomic E-state index is 0.325. The number of hydrogen-bond acceptors (Lipinski definition) is 5. The Morgan fingerprint density at radius 2 is 1.92 bits per heavy atom. The summed E-state index contributed by atoms with van der Waals surface area (Å²) in [6, 6.07) is 4.48. The molecule has 1 N–H and O–H groups in total. The van der Waals surface area contributed by atoms with E-state index in [-0.39, 0.29) is 11.2 Å². The summed E-state index contributed by atoms with van der Waals surface area (Å²) in [6.45, 7) is 4.42. The minimum Gasteiger partial charge on any atom is -0.357 e. The molecule has 0 bridgehead atoms. The van der Waals surface area contributed by atoms with Crippen LogP contribution < -0.4 is 16.1 Å². The summed E-state index contributed by atoms with van der Waals surface area (Å²) in [5, 5.41) is 0. The third-order valence-corrected chi connectivity index (χ3v) is 4.97. The number of anilines is 1. The Bertz CT molecular complexity index is 1070. The summed E-state index contributed by atoms with van der Waals surface area (Å²) in [6.07, 6.45) is 4.17. The first-order valence-electron chi connectivity index (χ1n) is 8.97. The number of pyridine rings is 1. The van der Waals surface area contributed by atoms with Crippen LogP contribution in [0.1, 0.15) is 26.7 Å². The van der Waals surface area contributed by atoms with Crippen molar-refractivity contribution in [3.05, 3.63) is 39.2 Å². The fourth-order valence-corrected chi connectivity index (χ4v) is 3.25. The van der Waals surface area contributed by atoms with Gasteiger partial charge >= 0.3 is 5.69 Å². The molecule has 1 fully saturated rings. The molecule has 1 saturated carbocycles. The maximum absolute atomic E-state index is 12.6. The third kappa shape index (κ3) is 2.53. The van der Waals surface area contributed by atoms with Gasteiger partial charge in [0.25, 0.3) is 5.56 Å². The van der Waals surface area contributed by atoms with Crippen molar-refractivity contribution in [1.29, 1.82) is 0 Å². The Morgan fingerprint density at radius 1 is 1.19 bits per heavy atom. The predicted molar refractivity (Wildman–Crippen MR) is 101 cm³/mol. The molecule has 1 aliphatic rings. The number of rotatable bonds is 5. The lowest BCUT2D eigenvalue weighted by molar-refractivity contribution is 0.606. The second kappa shape index (κ2) is 6.12. The normalized spacial score (nSPS) is 14.1. The van der Waals surface area contributed by atoms with E-state index in [4.69, 9.17) is 0 Å². The molecule has 0 spiro atoms. The van der Waals surface area contributed by atoms with Crippen LogP contribution in [0.25, 0.3) is 22.6 Å². The lowest BCUT2D eigenvalue weighted by Gasteiger charge is -2.16. The van der Waals surface area contributed by atoms with Gasteiger partial charge < -0.3 is 9.88 Å². The van der Waals surface area contributed by atoms with Gasteiger partial charge in [0.2, 0.25) is 0 Å². The van der Waals surface area contributed by atoms with Crippen molar-refractivity contribution in [3.8, 4) is 11.4 Å². The van der Waals surface area contributed by atoms with Crippen molar-refractivity contribution in [1.82, 2.24) is 24.1 Å². The van der Waals surface area contributed by atoms with Gasteiger partial charge in [-0.15, -0.1) is 0 Å². The zero-order chi connectivity index (χ0) is 18.4. The van der Waals surface area contributed by atoms with E-state index in [0.717, 1.165) is 11.4 Å². The van der Waals surface area contributed by atoms with Gasteiger partial charge in [0.05, 0.1) is 0 Å². The average molecular weight is 354 g/mol. The highest BCUT2D eigenvalue weighted by atomic mass is 16.2. The van der Waals surface area contributed by atoms with E-state index >= 15 is 0 Å². The van der Waals surface area contributed by atoms with Crippen molar-refractivity contribution in [3.63, 3.8) is 0 Å². The van der Waals surface area contributed by atoms with Gasteiger partial charge in [0.15, 0.2) is 5.65 Å². The Balaban J connectivity index is 1.81. The molecule has 8 heteroatoms. The molecule has 0 atom stereocenters. The number of aromatic amines is 1. The van der Waals surface area contributed by atoms with Crippen LogP contribution in [0.3, 0.4) is 0 Å². The number of nitrogens with zero attached hydrogens (tertiary/aromatic N) is 5. The highest BCUT2D eigenvalue weighted by Gasteiger charge is 2.27. The second-order valence-corrected chi connectivity index (χ2v) is 6.61. The molecular weight excluding hydrogens is 332 g/mol. The Kier molecular flexibility index (Phi) is 3.90. The summed E-state index contributed by atoms with van der Waals surface area (Å²) in [7, 11) is 2.05. The van der Waals surface area contributed by atoms with Crippen molar-refractivity contribution in [2.45, 2.75) is 45.8 Å². The van der Waals surface area contributed by atoms with Crippen LogP contribution >= 0.6 is 0 Å². The van der Waals surface area contributed by atoms with Gasteiger partial charge in [-0.1, -0.05) is 0 Å². The van der Waals surface area contributed by atoms with E-state index in [9.17, 15) is 9.59 Å². The molecule has 0 aromatic carbocycles. The molecule has 0 amide bonds. The summed E-state index contributed by atoms with van der Waals surface area (Å²) in [4.78, 5) is 39.3. The van der Waals surface area contributed by atoms with Gasteiger partial charge in [-0.3, -0.25) is 13.9 Å². The van der Waals surface area contributed by atoms with Crippen LogP contribution in [-0.2, 0) is 13.1 Å². The SMILES string of the molecule is CCn1c(=O)c2[nH]c(-c3ccc(N(C)C4CC4)nc3)nc2n(CC)c1=O. The zero-order valence-corrected chi connectivity index (χ0v) is 15.2. The van der Waals surface area contributed by atoms with Crippen LogP contribution in [0.2, 0.25) is 0 Å². The van der Waals surface area contributed by atoms with E-state index in [1.54, 1.807) is 13.1 Å². The molecule has 0 saturated heterocycles. The first kappa shape index (κ1) is 16.6. The van der Waals surface area contributed by atoms with Crippen LogP contribution in [0.4, 0.5) is 5.82 Å². The summed E-state index contributed by atoms with van der Waals surface area (Å²) >= 11 is 0. The van der Waals surface area contributed by atoms with Crippen molar-refractivity contribution in [2.75, 3.05) is 11.9 Å². The largest absolute Gasteiger partial charge is 0.357 e. The van der Waals surface area contributed by atoms with E-state index < -0.39 is 0 Å². The van der Waals surface area contributed by atoms with Crippen LogP contribution in [-0.4, -0.2) is 37.2 Å². The molecule has 3 aromatic rings. The monoisotopic (exact) mass is 354 g/mol. The standard InChI is InChI=1S/C18H22N6O2/c1-4-23-16-14(17(25)24(5-2)18(23)26)20-15(21-16)11-6-9-13(19-10-11)22(3)12-7-8-12/h6,9-10,12H,4-5,7-8H2,1-3H3,(H,20,21). The molecule has 136 valence electrons. The number of aromatic nitrogens is 5. The number of aryl methyl sites for hydroxylation is 1. The number of imidazole rings is 1. The quantitative estimate of drug-likeness (QED) is 0.751. The number of H-pyrrole nitrogens is 1. The summed E-state index contributed by atoms with van der Waals surface area (Å²) in [5.74, 6) is 1.46. The highest BCUT2D eigenvalue weighted by Crippen LogP contribution is 2.29. The molecule has 3 heterocycles. The first-order valence-corrected chi connectivity index (χ1v) is 8.97. The number of hydrogen-bond donors (Lipinski definition) is 1. The molecule has 0 unspecified atom stereocenters. The predicted octanol–water partition coefficient (Wildman–Crippen LogP) is 1.59.